The van der Waals surface area contributed by atoms with Gasteiger partial charge in [0.15, 0.2) is 0 Å². The largest absolute Gasteiger partial charge is 0.312 e. The van der Waals surface area contributed by atoms with Crippen molar-refractivity contribution in [3.05, 3.63) is 33.8 Å². The molecule has 0 fully saturated rings. The fourth-order valence-corrected chi connectivity index (χ4v) is 1.52. The van der Waals surface area contributed by atoms with Crippen molar-refractivity contribution in [3.63, 3.8) is 0 Å². The number of rotatable bonds is 1. The summed E-state index contributed by atoms with van der Waals surface area (Å²) >= 11 is 9.09. The summed E-state index contributed by atoms with van der Waals surface area (Å²) in [4.78, 5) is 0. The van der Waals surface area contributed by atoms with Gasteiger partial charge in [-0.25, -0.2) is 0 Å². The molecule has 1 nitrogen and oxygen atoms in total. The molecule has 3 heteroatoms. The van der Waals surface area contributed by atoms with Crippen LogP contribution in [0.2, 0.25) is 0 Å². The van der Waals surface area contributed by atoms with Crippen LogP contribution in [0.5, 0.6) is 0 Å². The second kappa shape index (κ2) is 3.57. The predicted molar refractivity (Wildman–Crippen MR) is 51.7 cm³/mol. The number of alkyl halides is 1. The Morgan fingerprint density at radius 3 is 2.64 bits per heavy atom. The lowest BCUT2D eigenvalue weighted by atomic mass is 10.1. The van der Waals surface area contributed by atoms with Crippen LogP contribution in [0.15, 0.2) is 22.7 Å². The number of hydrogen-bond acceptors (Lipinski definition) is 1. The lowest BCUT2D eigenvalue weighted by molar-refractivity contribution is 0.999. The molecule has 60 valence electrons. The maximum atomic E-state index is 5.74. The minimum Gasteiger partial charge on any atom is -0.312 e. The van der Waals surface area contributed by atoms with Crippen LogP contribution in [0.25, 0.3) is 0 Å². The van der Waals surface area contributed by atoms with Crippen molar-refractivity contribution in [1.29, 1.82) is 0 Å². The zero-order chi connectivity index (χ0) is 8.43. The molecule has 0 radical (unpaired) electrons. The highest BCUT2D eigenvalue weighted by Crippen LogP contribution is 2.22. The molecule has 2 N–H and O–H groups in total. The van der Waals surface area contributed by atoms with Gasteiger partial charge in [0.2, 0.25) is 0 Å². The summed E-state index contributed by atoms with van der Waals surface area (Å²) in [6.45, 7) is 1.99. The van der Waals surface area contributed by atoms with E-state index in [9.17, 15) is 0 Å². The van der Waals surface area contributed by atoms with E-state index < -0.39 is 5.50 Å². The maximum Gasteiger partial charge on any atom is 0.106 e. The minimum absolute atomic E-state index is 0.410. The molecule has 1 atom stereocenters. The Hall–Kier alpha value is -0.0500. The molecule has 1 aromatic carbocycles. The number of benzene rings is 1. The van der Waals surface area contributed by atoms with Crippen LogP contribution in [-0.2, 0) is 0 Å². The summed E-state index contributed by atoms with van der Waals surface area (Å²) in [7, 11) is 0. The first-order valence-corrected chi connectivity index (χ1v) is 4.50. The third-order valence-corrected chi connectivity index (χ3v) is 2.27. The van der Waals surface area contributed by atoms with Gasteiger partial charge in [0.25, 0.3) is 0 Å². The molecule has 0 aliphatic rings. The molecule has 0 aliphatic heterocycles. The van der Waals surface area contributed by atoms with E-state index in [-0.39, 0.29) is 0 Å². The molecule has 11 heavy (non-hydrogen) atoms. The van der Waals surface area contributed by atoms with Gasteiger partial charge in [-0.15, -0.1) is 11.6 Å². The molecule has 0 bridgehead atoms. The highest BCUT2D eigenvalue weighted by Gasteiger charge is 2.04. The zero-order valence-electron chi connectivity index (χ0n) is 6.14. The zero-order valence-corrected chi connectivity index (χ0v) is 8.48. The Labute approximate surface area is 79.7 Å². The van der Waals surface area contributed by atoms with Gasteiger partial charge in [-0.1, -0.05) is 22.0 Å². The van der Waals surface area contributed by atoms with Crippen molar-refractivity contribution in [2.24, 2.45) is 5.73 Å². The quantitative estimate of drug-likeness (QED) is 0.587. The number of halogens is 2. The third kappa shape index (κ3) is 2.19. The van der Waals surface area contributed by atoms with Gasteiger partial charge in [0, 0.05) is 4.47 Å². The van der Waals surface area contributed by atoms with Gasteiger partial charge in [0.1, 0.15) is 5.50 Å². The van der Waals surface area contributed by atoms with E-state index in [4.69, 9.17) is 17.3 Å². The van der Waals surface area contributed by atoms with Gasteiger partial charge in [0.05, 0.1) is 0 Å². The number of hydrogen-bond donors (Lipinski definition) is 1. The Morgan fingerprint density at radius 2 is 2.18 bits per heavy atom. The summed E-state index contributed by atoms with van der Waals surface area (Å²) in [6, 6.07) is 5.90. The van der Waals surface area contributed by atoms with Crippen LogP contribution in [0.4, 0.5) is 0 Å². The second-order valence-electron chi connectivity index (χ2n) is 2.40. The Balaban J connectivity index is 3.13. The molecule has 0 aromatic heterocycles. The molecule has 0 aliphatic carbocycles. The summed E-state index contributed by atoms with van der Waals surface area (Å²) < 4.78 is 1.01. The summed E-state index contributed by atoms with van der Waals surface area (Å²) in [5.41, 5.74) is 7.21. The summed E-state index contributed by atoms with van der Waals surface area (Å²) in [5.74, 6) is 0. The molecule has 1 aromatic rings. The molecule has 0 saturated heterocycles. The van der Waals surface area contributed by atoms with E-state index >= 15 is 0 Å². The van der Waals surface area contributed by atoms with Crippen LogP contribution >= 0.6 is 27.5 Å². The van der Waals surface area contributed by atoms with Gasteiger partial charge >= 0.3 is 0 Å². The second-order valence-corrected chi connectivity index (χ2v) is 3.79. The van der Waals surface area contributed by atoms with Crippen molar-refractivity contribution in [1.82, 2.24) is 0 Å². The van der Waals surface area contributed by atoms with E-state index in [0.29, 0.717) is 0 Å². The van der Waals surface area contributed by atoms with Crippen molar-refractivity contribution in [3.8, 4) is 0 Å². The average Bonchev–Trinajstić information content (AvgIpc) is 1.94. The topological polar surface area (TPSA) is 26.0 Å². The normalized spacial score (nSPS) is 13.1. The molecule has 0 spiro atoms. The Kier molecular flexibility index (Phi) is 2.93. The van der Waals surface area contributed by atoms with E-state index in [2.05, 4.69) is 15.9 Å². The lowest BCUT2D eigenvalue weighted by Crippen LogP contribution is -2.03. The standard InChI is InChI=1S/C8H9BrClN/c1-5-2-3-6(9)4-7(5)8(10)11/h2-4,8H,11H2,1H3. The molecule has 0 saturated carbocycles. The molecule has 0 heterocycles. The summed E-state index contributed by atoms with van der Waals surface area (Å²) in [5, 5.41) is 0. The van der Waals surface area contributed by atoms with Gasteiger partial charge in [-0.2, -0.15) is 0 Å². The third-order valence-electron chi connectivity index (χ3n) is 1.54. The monoisotopic (exact) mass is 233 g/mol. The molecule has 1 rings (SSSR count). The highest BCUT2D eigenvalue weighted by atomic mass is 79.9. The predicted octanol–water partition coefficient (Wildman–Crippen LogP) is 2.95. The van der Waals surface area contributed by atoms with E-state index in [1.54, 1.807) is 0 Å². The lowest BCUT2D eigenvalue weighted by Gasteiger charge is -2.07. The smallest absolute Gasteiger partial charge is 0.106 e. The van der Waals surface area contributed by atoms with Crippen molar-refractivity contribution >= 4 is 27.5 Å². The Morgan fingerprint density at radius 1 is 1.55 bits per heavy atom. The first-order chi connectivity index (χ1) is 5.11. The van der Waals surface area contributed by atoms with Crippen molar-refractivity contribution in [2.45, 2.75) is 12.4 Å². The molecular formula is C8H9BrClN. The molecule has 1 unspecified atom stereocenters. The van der Waals surface area contributed by atoms with Crippen LogP contribution < -0.4 is 5.73 Å². The number of nitrogens with two attached hydrogens (primary N) is 1. The van der Waals surface area contributed by atoms with Crippen molar-refractivity contribution < 1.29 is 0 Å². The first-order valence-electron chi connectivity index (χ1n) is 3.27. The minimum atomic E-state index is -0.410. The van der Waals surface area contributed by atoms with Crippen LogP contribution in [0.3, 0.4) is 0 Å². The van der Waals surface area contributed by atoms with Crippen molar-refractivity contribution in [2.75, 3.05) is 0 Å². The first kappa shape index (κ1) is 9.04. The molecular weight excluding hydrogens is 225 g/mol. The average molecular weight is 235 g/mol. The van der Waals surface area contributed by atoms with E-state index in [0.717, 1.165) is 15.6 Å². The van der Waals surface area contributed by atoms with E-state index in [1.165, 1.54) is 0 Å². The fraction of sp³-hybridized carbons (Fsp3) is 0.250. The van der Waals surface area contributed by atoms with E-state index in [1.807, 2.05) is 25.1 Å². The maximum absolute atomic E-state index is 5.74. The Bertz CT molecular complexity index is 260. The summed E-state index contributed by atoms with van der Waals surface area (Å²) in [6.07, 6.45) is 0. The molecule has 0 amide bonds. The SMILES string of the molecule is Cc1ccc(Br)cc1C(N)Cl. The van der Waals surface area contributed by atoms with Crippen LogP contribution in [-0.4, -0.2) is 0 Å². The van der Waals surface area contributed by atoms with Gasteiger partial charge in [-0.05, 0) is 30.2 Å². The fourth-order valence-electron chi connectivity index (χ4n) is 0.908. The van der Waals surface area contributed by atoms with Crippen LogP contribution in [0, 0.1) is 6.92 Å². The van der Waals surface area contributed by atoms with Crippen LogP contribution in [0.1, 0.15) is 16.6 Å². The number of aryl methyl sites for hydroxylation is 1. The highest BCUT2D eigenvalue weighted by molar-refractivity contribution is 9.10. The van der Waals surface area contributed by atoms with Gasteiger partial charge in [-0.3, -0.25) is 0 Å². The van der Waals surface area contributed by atoms with Gasteiger partial charge < -0.3 is 5.73 Å².